The summed E-state index contributed by atoms with van der Waals surface area (Å²) in [5.74, 6) is 0.208. The van der Waals surface area contributed by atoms with Crippen molar-refractivity contribution < 1.29 is 5.11 Å². The van der Waals surface area contributed by atoms with Crippen LogP contribution in [0, 0.1) is 12.8 Å². The third kappa shape index (κ3) is 3.20. The maximum Gasteiger partial charge on any atom is 0.137 e. The molecule has 0 aliphatic heterocycles. The van der Waals surface area contributed by atoms with Crippen molar-refractivity contribution in [3.63, 3.8) is 0 Å². The van der Waals surface area contributed by atoms with Crippen LogP contribution in [-0.4, -0.2) is 19.9 Å². The second-order valence-electron chi connectivity index (χ2n) is 6.85. The average Bonchev–Trinajstić information content (AvgIpc) is 3.35. The molecule has 1 heterocycles. The van der Waals surface area contributed by atoms with E-state index in [9.17, 15) is 5.11 Å². The number of benzene rings is 2. The number of rotatable bonds is 5. The first-order valence-corrected chi connectivity index (χ1v) is 8.86. The Balaban J connectivity index is 1.70. The fourth-order valence-corrected chi connectivity index (χ4v) is 3.69. The van der Waals surface area contributed by atoms with Gasteiger partial charge in [0, 0.05) is 10.6 Å². The van der Waals surface area contributed by atoms with Crippen molar-refractivity contribution in [2.45, 2.75) is 31.9 Å². The summed E-state index contributed by atoms with van der Waals surface area (Å²) in [6, 6.07) is 14.3. The van der Waals surface area contributed by atoms with Gasteiger partial charge < -0.3 is 5.11 Å². The van der Waals surface area contributed by atoms with E-state index in [4.69, 9.17) is 11.6 Å². The predicted octanol–water partition coefficient (Wildman–Crippen LogP) is 4.20. The van der Waals surface area contributed by atoms with Gasteiger partial charge in [-0.25, -0.2) is 9.67 Å². The van der Waals surface area contributed by atoms with Crippen molar-refractivity contribution in [3.05, 3.63) is 71.3 Å². The van der Waals surface area contributed by atoms with Crippen LogP contribution < -0.4 is 0 Å². The SMILES string of the molecule is Cc1ccc(-c2ccc(C(O)(Cn3cncn3)C3CC3)c(Cl)c2)cc1. The smallest absolute Gasteiger partial charge is 0.137 e. The second-order valence-corrected chi connectivity index (χ2v) is 7.26. The number of halogens is 1. The van der Waals surface area contributed by atoms with E-state index in [1.807, 2.05) is 18.2 Å². The summed E-state index contributed by atoms with van der Waals surface area (Å²) in [4.78, 5) is 3.97. The molecule has 3 aromatic rings. The van der Waals surface area contributed by atoms with Crippen LogP contribution in [0.25, 0.3) is 11.1 Å². The molecule has 0 radical (unpaired) electrons. The molecule has 1 fully saturated rings. The minimum Gasteiger partial charge on any atom is -0.383 e. The predicted molar refractivity (Wildman–Crippen MR) is 98.3 cm³/mol. The highest BCUT2D eigenvalue weighted by Gasteiger charge is 2.46. The Bertz CT molecular complexity index is 872. The molecule has 2 aromatic carbocycles. The Morgan fingerprint density at radius 3 is 2.48 bits per heavy atom. The van der Waals surface area contributed by atoms with E-state index in [1.54, 1.807) is 11.0 Å². The molecule has 1 aliphatic rings. The molecule has 1 aromatic heterocycles. The summed E-state index contributed by atoms with van der Waals surface area (Å²) in [6.45, 7) is 2.43. The van der Waals surface area contributed by atoms with Gasteiger partial charge in [-0.1, -0.05) is 53.6 Å². The first-order chi connectivity index (χ1) is 12.1. The molecule has 1 N–H and O–H groups in total. The molecule has 0 amide bonds. The Morgan fingerprint density at radius 1 is 1.16 bits per heavy atom. The molecule has 4 nitrogen and oxygen atoms in total. The monoisotopic (exact) mass is 353 g/mol. The molecule has 5 heteroatoms. The van der Waals surface area contributed by atoms with Gasteiger partial charge >= 0.3 is 0 Å². The molecule has 0 bridgehead atoms. The highest BCUT2D eigenvalue weighted by atomic mass is 35.5. The molecule has 0 spiro atoms. The molecule has 1 unspecified atom stereocenters. The third-order valence-electron chi connectivity index (χ3n) is 4.94. The highest BCUT2D eigenvalue weighted by molar-refractivity contribution is 6.31. The van der Waals surface area contributed by atoms with Gasteiger partial charge in [-0.05, 0) is 42.9 Å². The maximum absolute atomic E-state index is 11.4. The van der Waals surface area contributed by atoms with E-state index in [-0.39, 0.29) is 5.92 Å². The lowest BCUT2D eigenvalue weighted by atomic mass is 9.87. The topological polar surface area (TPSA) is 50.9 Å². The van der Waals surface area contributed by atoms with Gasteiger partial charge in [0.15, 0.2) is 0 Å². The minimum atomic E-state index is -1.02. The third-order valence-corrected chi connectivity index (χ3v) is 5.26. The highest BCUT2D eigenvalue weighted by Crippen LogP contribution is 2.48. The van der Waals surface area contributed by atoms with Crippen molar-refractivity contribution >= 4 is 11.6 Å². The zero-order chi connectivity index (χ0) is 17.4. The zero-order valence-electron chi connectivity index (χ0n) is 14.1. The number of nitrogens with zero attached hydrogens (tertiary/aromatic N) is 3. The van der Waals surface area contributed by atoms with Crippen LogP contribution in [0.15, 0.2) is 55.1 Å². The number of aryl methyl sites for hydroxylation is 1. The standard InChI is InChI=1S/C20H20ClN3O/c1-14-2-4-15(5-3-14)16-6-9-18(19(21)10-16)20(25,17-7-8-17)11-24-13-22-12-23-24/h2-6,9-10,12-13,17,25H,7-8,11H2,1H3. The van der Waals surface area contributed by atoms with Crippen molar-refractivity contribution in [1.82, 2.24) is 14.8 Å². The van der Waals surface area contributed by atoms with E-state index < -0.39 is 5.60 Å². The van der Waals surface area contributed by atoms with Crippen LogP contribution in [0.3, 0.4) is 0 Å². The molecule has 0 saturated heterocycles. The van der Waals surface area contributed by atoms with Crippen LogP contribution >= 0.6 is 11.6 Å². The summed E-state index contributed by atoms with van der Waals surface area (Å²) in [6.07, 6.45) is 5.11. The molecule has 1 saturated carbocycles. The Hall–Kier alpha value is -2.17. The van der Waals surface area contributed by atoms with E-state index in [2.05, 4.69) is 41.3 Å². The molecule has 1 aliphatic carbocycles. The molecule has 25 heavy (non-hydrogen) atoms. The number of hydrogen-bond acceptors (Lipinski definition) is 3. The van der Waals surface area contributed by atoms with Crippen LogP contribution in [0.2, 0.25) is 5.02 Å². The largest absolute Gasteiger partial charge is 0.383 e. The van der Waals surface area contributed by atoms with E-state index in [1.165, 1.54) is 11.9 Å². The van der Waals surface area contributed by atoms with Crippen LogP contribution in [0.1, 0.15) is 24.0 Å². The van der Waals surface area contributed by atoms with Gasteiger partial charge in [0.1, 0.15) is 18.3 Å². The quantitative estimate of drug-likeness (QED) is 0.747. The minimum absolute atomic E-state index is 0.208. The summed E-state index contributed by atoms with van der Waals surface area (Å²) in [5.41, 5.74) is 3.14. The Labute approximate surface area is 152 Å². The van der Waals surface area contributed by atoms with Gasteiger partial charge in [0.2, 0.25) is 0 Å². The normalized spacial score (nSPS) is 16.6. The number of aliphatic hydroxyl groups is 1. The van der Waals surface area contributed by atoms with Crippen molar-refractivity contribution in [3.8, 4) is 11.1 Å². The van der Waals surface area contributed by atoms with Crippen LogP contribution in [0.5, 0.6) is 0 Å². The molecular formula is C20H20ClN3O. The lowest BCUT2D eigenvalue weighted by Crippen LogP contribution is -2.34. The number of aromatic nitrogens is 3. The lowest BCUT2D eigenvalue weighted by Gasteiger charge is -2.29. The fourth-order valence-electron chi connectivity index (χ4n) is 3.35. The maximum atomic E-state index is 11.4. The van der Waals surface area contributed by atoms with Crippen molar-refractivity contribution in [1.29, 1.82) is 0 Å². The molecule has 1 atom stereocenters. The molecule has 128 valence electrons. The fraction of sp³-hybridized carbons (Fsp3) is 0.300. The van der Waals surface area contributed by atoms with Gasteiger partial charge in [0.05, 0.1) is 6.54 Å². The Kier molecular flexibility index (Phi) is 4.10. The Morgan fingerprint density at radius 2 is 1.88 bits per heavy atom. The average molecular weight is 354 g/mol. The summed E-state index contributed by atoms with van der Waals surface area (Å²) in [5, 5.41) is 16.1. The zero-order valence-corrected chi connectivity index (χ0v) is 14.8. The van der Waals surface area contributed by atoms with Gasteiger partial charge in [0.25, 0.3) is 0 Å². The molecular weight excluding hydrogens is 334 g/mol. The second kappa shape index (κ2) is 6.28. The van der Waals surface area contributed by atoms with Crippen molar-refractivity contribution in [2.75, 3.05) is 0 Å². The van der Waals surface area contributed by atoms with Crippen molar-refractivity contribution in [2.24, 2.45) is 5.92 Å². The lowest BCUT2D eigenvalue weighted by molar-refractivity contribution is -0.00764. The van der Waals surface area contributed by atoms with E-state index >= 15 is 0 Å². The molecule has 4 rings (SSSR count). The number of hydrogen-bond donors (Lipinski definition) is 1. The van der Waals surface area contributed by atoms with Crippen LogP contribution in [-0.2, 0) is 12.1 Å². The van der Waals surface area contributed by atoms with E-state index in [0.717, 1.165) is 29.5 Å². The summed E-state index contributed by atoms with van der Waals surface area (Å²) >= 11 is 6.60. The van der Waals surface area contributed by atoms with Crippen LogP contribution in [0.4, 0.5) is 0 Å². The summed E-state index contributed by atoms with van der Waals surface area (Å²) < 4.78 is 1.67. The first-order valence-electron chi connectivity index (χ1n) is 8.48. The van der Waals surface area contributed by atoms with Gasteiger partial charge in [-0.2, -0.15) is 5.10 Å². The summed E-state index contributed by atoms with van der Waals surface area (Å²) in [7, 11) is 0. The van der Waals surface area contributed by atoms with E-state index in [0.29, 0.717) is 11.6 Å². The first kappa shape index (κ1) is 16.3. The van der Waals surface area contributed by atoms with Gasteiger partial charge in [-0.15, -0.1) is 0 Å². The van der Waals surface area contributed by atoms with Gasteiger partial charge in [-0.3, -0.25) is 0 Å².